The van der Waals surface area contributed by atoms with E-state index in [1.807, 2.05) is 6.92 Å². The predicted molar refractivity (Wildman–Crippen MR) is 45.8 cm³/mol. The Bertz CT molecular complexity index is 127. The van der Waals surface area contributed by atoms with Gasteiger partial charge in [-0.3, -0.25) is 5.41 Å². The van der Waals surface area contributed by atoms with Gasteiger partial charge in [-0.2, -0.15) is 0 Å². The molecule has 0 spiro atoms. The van der Waals surface area contributed by atoms with Crippen molar-refractivity contribution < 1.29 is 2.85 Å². The number of hydrogen-bond donors (Lipinski definition) is 3. The SMILES string of the molecule is C#C.CCC(=N)N.[HH].[HH].[N-]=[N+]=N. The van der Waals surface area contributed by atoms with Crippen molar-refractivity contribution in [2.24, 2.45) is 5.73 Å². The Morgan fingerprint density at radius 2 is 1.90 bits per heavy atom. The van der Waals surface area contributed by atoms with E-state index in [4.69, 9.17) is 22.2 Å². The molecule has 0 amide bonds. The second-order valence-electron chi connectivity index (χ2n) is 0.979. The Hall–Kier alpha value is -1.66. The molecule has 0 saturated carbocycles. The Kier molecular flexibility index (Phi) is 41.7. The summed E-state index contributed by atoms with van der Waals surface area (Å²) < 4.78 is 0. The van der Waals surface area contributed by atoms with Gasteiger partial charge in [0.2, 0.25) is 0 Å². The average molecular weight is 145 g/mol. The fourth-order valence-electron chi connectivity index (χ4n) is 0. The number of nitrogens with two attached hydrogens (primary N) is 1. The standard InChI is InChI=1S/C3H8N2.C2H2.HN3.2H2/c1-2-3(4)5;1-2;1-3-2;;/h2H2,1H3,(H3,4,5);1-2H;1H;2*1H. The van der Waals surface area contributed by atoms with Crippen molar-refractivity contribution in [1.29, 1.82) is 10.9 Å². The van der Waals surface area contributed by atoms with E-state index in [2.05, 4.69) is 12.8 Å². The Balaban J connectivity index is -0.0000000209. The molecule has 0 aromatic heterocycles. The van der Waals surface area contributed by atoms with Gasteiger partial charge in [0.05, 0.1) is 5.84 Å². The minimum atomic E-state index is 0. The zero-order chi connectivity index (χ0) is 8.99. The van der Waals surface area contributed by atoms with Crippen LogP contribution in [0.15, 0.2) is 0 Å². The quantitative estimate of drug-likeness (QED) is 0.128. The normalized spacial score (nSPS) is 4.70. The second kappa shape index (κ2) is 26.4. The van der Waals surface area contributed by atoms with Gasteiger partial charge in [-0.15, -0.1) is 18.4 Å². The molecular formula is C5H15N5. The van der Waals surface area contributed by atoms with Crippen LogP contribution in [0.25, 0.3) is 10.4 Å². The van der Waals surface area contributed by atoms with Crippen LogP contribution in [-0.4, -0.2) is 5.84 Å². The van der Waals surface area contributed by atoms with E-state index in [0.29, 0.717) is 6.42 Å². The first kappa shape index (κ1) is 15.8. The molecule has 0 aromatic carbocycles. The van der Waals surface area contributed by atoms with Crippen LogP contribution in [-0.2, 0) is 0 Å². The van der Waals surface area contributed by atoms with Gasteiger partial charge in [0.15, 0.2) is 0 Å². The zero-order valence-corrected chi connectivity index (χ0v) is 5.83. The predicted octanol–water partition coefficient (Wildman–Crippen LogP) is 1.95. The van der Waals surface area contributed by atoms with E-state index in [0.717, 1.165) is 0 Å². The molecule has 0 aliphatic carbocycles. The molecule has 0 radical (unpaired) electrons. The van der Waals surface area contributed by atoms with Gasteiger partial charge in [-0.05, 0) is 10.4 Å². The molecule has 60 valence electrons. The van der Waals surface area contributed by atoms with Crippen LogP contribution in [0.2, 0.25) is 0 Å². The van der Waals surface area contributed by atoms with Crippen LogP contribution in [0.1, 0.15) is 16.2 Å². The van der Waals surface area contributed by atoms with Crippen molar-refractivity contribution >= 4 is 5.84 Å². The van der Waals surface area contributed by atoms with Crippen LogP contribution in [0.5, 0.6) is 0 Å². The summed E-state index contributed by atoms with van der Waals surface area (Å²) in [6.07, 6.45) is 8.67. The van der Waals surface area contributed by atoms with Crippen LogP contribution in [0.4, 0.5) is 0 Å². The third-order valence-electron chi connectivity index (χ3n) is 0.381. The molecule has 0 heterocycles. The lowest BCUT2D eigenvalue weighted by atomic mass is 10.5. The van der Waals surface area contributed by atoms with Crippen molar-refractivity contribution in [3.8, 4) is 12.8 Å². The van der Waals surface area contributed by atoms with E-state index in [1.54, 1.807) is 4.91 Å². The fraction of sp³-hybridized carbons (Fsp3) is 0.400. The van der Waals surface area contributed by atoms with Crippen molar-refractivity contribution in [2.75, 3.05) is 0 Å². The molecular weight excluding hydrogens is 130 g/mol. The van der Waals surface area contributed by atoms with Crippen LogP contribution in [0.3, 0.4) is 0 Å². The first-order chi connectivity index (χ1) is 4.68. The monoisotopic (exact) mass is 145 g/mol. The minimum absolute atomic E-state index is 0. The summed E-state index contributed by atoms with van der Waals surface area (Å²) in [6, 6.07) is 0. The van der Waals surface area contributed by atoms with Crippen molar-refractivity contribution in [3.63, 3.8) is 0 Å². The highest BCUT2D eigenvalue weighted by molar-refractivity contribution is 5.76. The maximum absolute atomic E-state index is 6.86. The van der Waals surface area contributed by atoms with Gasteiger partial charge in [0, 0.05) is 9.27 Å². The number of nitrogens with zero attached hydrogens (tertiary/aromatic N) is 2. The van der Waals surface area contributed by atoms with Gasteiger partial charge in [0.25, 0.3) is 0 Å². The van der Waals surface area contributed by atoms with Crippen molar-refractivity contribution in [2.45, 2.75) is 13.3 Å². The van der Waals surface area contributed by atoms with Crippen LogP contribution < -0.4 is 5.73 Å². The Labute approximate surface area is 63.1 Å². The lowest BCUT2D eigenvalue weighted by Gasteiger charge is -1.79. The lowest BCUT2D eigenvalue weighted by molar-refractivity contribution is 1.21. The smallest absolute Gasteiger partial charge is 0.0902 e. The summed E-state index contributed by atoms with van der Waals surface area (Å²) in [5.41, 5.74) is 17.1. The number of nitrogens with one attached hydrogen (secondary N) is 2. The first-order valence-corrected chi connectivity index (χ1v) is 2.36. The van der Waals surface area contributed by atoms with Crippen molar-refractivity contribution in [1.82, 2.24) is 0 Å². The fourth-order valence-corrected chi connectivity index (χ4v) is 0. The van der Waals surface area contributed by atoms with E-state index in [1.165, 1.54) is 0 Å². The summed E-state index contributed by atoms with van der Waals surface area (Å²) in [7, 11) is 0. The van der Waals surface area contributed by atoms with Gasteiger partial charge in [-0.1, -0.05) is 6.92 Å². The topological polar surface area (TPSA) is 110 Å². The summed E-state index contributed by atoms with van der Waals surface area (Å²) >= 11 is 0. The largest absolute Gasteiger partial charge is 0.388 e. The highest BCUT2D eigenvalue weighted by atomic mass is 15.0. The van der Waals surface area contributed by atoms with E-state index >= 15 is 0 Å². The Morgan fingerprint density at radius 1 is 1.80 bits per heavy atom. The third-order valence-corrected chi connectivity index (χ3v) is 0.381. The summed E-state index contributed by atoms with van der Waals surface area (Å²) in [4.78, 5) is 1.75. The Morgan fingerprint density at radius 3 is 1.90 bits per heavy atom. The summed E-state index contributed by atoms with van der Waals surface area (Å²) in [5.74, 6) is 0.255. The zero-order valence-electron chi connectivity index (χ0n) is 5.83. The molecule has 5 heteroatoms. The van der Waals surface area contributed by atoms with Gasteiger partial charge >= 0.3 is 0 Å². The molecule has 5 nitrogen and oxygen atoms in total. The summed E-state index contributed by atoms with van der Waals surface area (Å²) in [6.45, 7) is 1.85. The third kappa shape index (κ3) is 1560. The van der Waals surface area contributed by atoms with Crippen molar-refractivity contribution in [3.05, 3.63) is 10.4 Å². The summed E-state index contributed by atoms with van der Waals surface area (Å²) in [5, 5.41) is 6.52. The molecule has 0 saturated heterocycles. The molecule has 4 N–H and O–H groups in total. The minimum Gasteiger partial charge on any atom is -0.388 e. The maximum Gasteiger partial charge on any atom is 0.0902 e. The van der Waals surface area contributed by atoms with Gasteiger partial charge < -0.3 is 5.73 Å². The lowest BCUT2D eigenvalue weighted by Crippen LogP contribution is -2.05. The maximum atomic E-state index is 6.86. The molecule has 0 aliphatic rings. The van der Waals surface area contributed by atoms with E-state index in [9.17, 15) is 0 Å². The molecule has 0 atom stereocenters. The van der Waals surface area contributed by atoms with Crippen LogP contribution >= 0.6 is 0 Å². The van der Waals surface area contributed by atoms with Gasteiger partial charge in [-0.25, -0.2) is 0 Å². The number of rotatable bonds is 1. The molecule has 10 heavy (non-hydrogen) atoms. The van der Waals surface area contributed by atoms with Gasteiger partial charge in [0.1, 0.15) is 0 Å². The van der Waals surface area contributed by atoms with E-state index < -0.39 is 0 Å². The highest BCUT2D eigenvalue weighted by Gasteiger charge is 1.70. The molecule has 0 bridgehead atoms. The first-order valence-electron chi connectivity index (χ1n) is 2.36. The van der Waals surface area contributed by atoms with E-state index in [-0.39, 0.29) is 8.69 Å². The highest BCUT2D eigenvalue weighted by Crippen LogP contribution is 1.64. The van der Waals surface area contributed by atoms with Crippen LogP contribution in [0, 0.1) is 23.8 Å². The number of amidine groups is 1. The second-order valence-corrected chi connectivity index (χ2v) is 0.979. The molecule has 0 fully saturated rings. The average Bonchev–Trinajstić information content (AvgIpc) is 1.94. The number of hydrogen-bond acceptors (Lipinski definition) is 2. The molecule has 0 aromatic rings. The number of terminal acetylenes is 1. The molecule has 0 aliphatic heterocycles. The molecule has 0 rings (SSSR count). The molecule has 0 unspecified atom stereocenters.